The van der Waals surface area contributed by atoms with E-state index in [4.69, 9.17) is 5.73 Å². The van der Waals surface area contributed by atoms with Crippen LogP contribution in [0.5, 0.6) is 0 Å². The molecular weight excluding hydrogens is 331 g/mol. The maximum absolute atomic E-state index is 12.9. The number of nitrogens with zero attached hydrogens (tertiary/aromatic N) is 1. The molecule has 0 saturated heterocycles. The van der Waals surface area contributed by atoms with Crippen LogP contribution in [0.3, 0.4) is 0 Å². The third-order valence-electron chi connectivity index (χ3n) is 4.09. The maximum atomic E-state index is 12.9. The fourth-order valence-corrected chi connectivity index (χ4v) is 3.85. The standard InChI is InChI=1S/C17H27FN2O3S/c1-12(2)16(19)9-10-20(4)17(21)13(3)11-24(22,23)15-7-5-14(18)6-8-15/h5-8,12-13,16H,9-11,19H2,1-4H3. The fourth-order valence-electron chi connectivity index (χ4n) is 2.30. The van der Waals surface area contributed by atoms with Crippen LogP contribution >= 0.6 is 0 Å². The number of rotatable bonds is 8. The van der Waals surface area contributed by atoms with Gasteiger partial charge in [-0.15, -0.1) is 0 Å². The van der Waals surface area contributed by atoms with Crippen molar-refractivity contribution in [3.05, 3.63) is 30.1 Å². The van der Waals surface area contributed by atoms with Crippen LogP contribution in [-0.2, 0) is 14.6 Å². The van der Waals surface area contributed by atoms with E-state index in [1.54, 1.807) is 14.0 Å². The Morgan fingerprint density at radius 3 is 2.25 bits per heavy atom. The molecule has 24 heavy (non-hydrogen) atoms. The highest BCUT2D eigenvalue weighted by Gasteiger charge is 2.25. The smallest absolute Gasteiger partial charge is 0.226 e. The molecule has 0 heterocycles. The fraction of sp³-hybridized carbons (Fsp3) is 0.588. The number of nitrogens with two attached hydrogens (primary N) is 1. The summed E-state index contributed by atoms with van der Waals surface area (Å²) in [5.41, 5.74) is 5.97. The van der Waals surface area contributed by atoms with Crippen LogP contribution in [0.1, 0.15) is 27.2 Å². The molecular formula is C17H27FN2O3S. The lowest BCUT2D eigenvalue weighted by atomic mass is 10.0. The summed E-state index contributed by atoms with van der Waals surface area (Å²) < 4.78 is 37.6. The van der Waals surface area contributed by atoms with Gasteiger partial charge >= 0.3 is 0 Å². The molecule has 1 aromatic carbocycles. The monoisotopic (exact) mass is 358 g/mol. The average Bonchev–Trinajstić information content (AvgIpc) is 2.51. The Bertz CT molecular complexity index is 644. The summed E-state index contributed by atoms with van der Waals surface area (Å²) in [5.74, 6) is -1.40. The predicted octanol–water partition coefficient (Wildman–Crippen LogP) is 2.07. The Hall–Kier alpha value is -1.47. The van der Waals surface area contributed by atoms with E-state index in [0.29, 0.717) is 18.9 Å². The zero-order valence-corrected chi connectivity index (χ0v) is 15.5. The van der Waals surface area contributed by atoms with Crippen molar-refractivity contribution in [1.82, 2.24) is 4.90 Å². The molecule has 0 aliphatic heterocycles. The first-order chi connectivity index (χ1) is 11.0. The first kappa shape index (κ1) is 20.6. The lowest BCUT2D eigenvalue weighted by Gasteiger charge is -2.24. The van der Waals surface area contributed by atoms with Gasteiger partial charge < -0.3 is 10.6 Å². The summed E-state index contributed by atoms with van der Waals surface area (Å²) in [6.45, 7) is 6.11. The second-order valence-electron chi connectivity index (χ2n) is 6.59. The summed E-state index contributed by atoms with van der Waals surface area (Å²) in [4.78, 5) is 13.9. The Balaban J connectivity index is 2.67. The number of hydrogen-bond acceptors (Lipinski definition) is 4. The lowest BCUT2D eigenvalue weighted by molar-refractivity contribution is -0.133. The third-order valence-corrected chi connectivity index (χ3v) is 6.02. The Labute approximate surface area is 143 Å². The Morgan fingerprint density at radius 2 is 1.75 bits per heavy atom. The molecule has 2 N–H and O–H groups in total. The van der Waals surface area contributed by atoms with E-state index in [-0.39, 0.29) is 22.6 Å². The van der Waals surface area contributed by atoms with Crippen LogP contribution in [0.2, 0.25) is 0 Å². The molecule has 0 aliphatic rings. The van der Waals surface area contributed by atoms with Crippen LogP contribution in [0.25, 0.3) is 0 Å². The van der Waals surface area contributed by atoms with Crippen molar-refractivity contribution in [3.63, 3.8) is 0 Å². The van der Waals surface area contributed by atoms with E-state index in [2.05, 4.69) is 0 Å². The number of amides is 1. The first-order valence-electron chi connectivity index (χ1n) is 8.03. The van der Waals surface area contributed by atoms with Crippen molar-refractivity contribution < 1.29 is 17.6 Å². The summed E-state index contributed by atoms with van der Waals surface area (Å²) in [6, 6.07) is 4.62. The molecule has 2 unspecified atom stereocenters. The highest BCUT2D eigenvalue weighted by atomic mass is 32.2. The van der Waals surface area contributed by atoms with E-state index in [1.165, 1.54) is 17.0 Å². The van der Waals surface area contributed by atoms with Gasteiger partial charge in [-0.2, -0.15) is 0 Å². The number of benzene rings is 1. The van der Waals surface area contributed by atoms with E-state index < -0.39 is 21.6 Å². The maximum Gasteiger partial charge on any atom is 0.226 e. The van der Waals surface area contributed by atoms with E-state index in [1.807, 2.05) is 13.8 Å². The summed E-state index contributed by atoms with van der Waals surface area (Å²) in [6.07, 6.45) is 0.664. The van der Waals surface area contributed by atoms with Gasteiger partial charge in [-0.1, -0.05) is 20.8 Å². The van der Waals surface area contributed by atoms with Gasteiger partial charge in [0.25, 0.3) is 0 Å². The van der Waals surface area contributed by atoms with Crippen molar-refractivity contribution in [2.75, 3.05) is 19.3 Å². The van der Waals surface area contributed by atoms with Crippen molar-refractivity contribution in [2.24, 2.45) is 17.6 Å². The molecule has 0 spiro atoms. The van der Waals surface area contributed by atoms with Crippen LogP contribution in [0.15, 0.2) is 29.2 Å². The van der Waals surface area contributed by atoms with Gasteiger partial charge in [0.1, 0.15) is 5.82 Å². The zero-order chi connectivity index (χ0) is 18.5. The molecule has 0 radical (unpaired) electrons. The van der Waals surface area contributed by atoms with Gasteiger partial charge in [-0.3, -0.25) is 4.79 Å². The minimum atomic E-state index is -3.64. The van der Waals surface area contributed by atoms with E-state index >= 15 is 0 Å². The third kappa shape index (κ3) is 5.87. The van der Waals surface area contributed by atoms with Gasteiger partial charge in [0.15, 0.2) is 9.84 Å². The van der Waals surface area contributed by atoms with Gasteiger partial charge in [0.2, 0.25) is 5.91 Å². The summed E-state index contributed by atoms with van der Waals surface area (Å²) >= 11 is 0. The summed E-state index contributed by atoms with van der Waals surface area (Å²) in [5, 5.41) is 0. The normalized spacial score (nSPS) is 14.5. The quantitative estimate of drug-likeness (QED) is 0.722. The molecule has 2 atom stereocenters. The van der Waals surface area contributed by atoms with Gasteiger partial charge in [-0.25, -0.2) is 12.8 Å². The highest BCUT2D eigenvalue weighted by Crippen LogP contribution is 2.16. The molecule has 7 heteroatoms. The van der Waals surface area contributed by atoms with Crippen molar-refractivity contribution >= 4 is 15.7 Å². The van der Waals surface area contributed by atoms with Gasteiger partial charge in [0, 0.05) is 25.6 Å². The topological polar surface area (TPSA) is 80.5 Å². The van der Waals surface area contributed by atoms with Crippen LogP contribution in [0.4, 0.5) is 4.39 Å². The minimum absolute atomic E-state index is 0.00139. The molecule has 136 valence electrons. The molecule has 1 amide bonds. The Kier molecular flexibility index (Phi) is 7.35. The van der Waals surface area contributed by atoms with Crippen LogP contribution in [0, 0.1) is 17.7 Å². The van der Waals surface area contributed by atoms with Crippen LogP contribution < -0.4 is 5.73 Å². The van der Waals surface area contributed by atoms with Crippen LogP contribution in [-0.4, -0.2) is 44.6 Å². The Morgan fingerprint density at radius 1 is 1.21 bits per heavy atom. The van der Waals surface area contributed by atoms with Gasteiger partial charge in [-0.05, 0) is 36.6 Å². The number of carbonyl (C=O) groups is 1. The molecule has 1 aromatic rings. The molecule has 0 aromatic heterocycles. The van der Waals surface area contributed by atoms with Crippen molar-refractivity contribution in [1.29, 1.82) is 0 Å². The SMILES string of the molecule is CC(CS(=O)(=O)c1ccc(F)cc1)C(=O)N(C)CCC(N)C(C)C. The largest absolute Gasteiger partial charge is 0.345 e. The number of hydrogen-bond donors (Lipinski definition) is 1. The first-order valence-corrected chi connectivity index (χ1v) is 9.68. The number of halogens is 1. The number of sulfone groups is 1. The second kappa shape index (κ2) is 8.58. The van der Waals surface area contributed by atoms with E-state index in [0.717, 1.165) is 12.1 Å². The van der Waals surface area contributed by atoms with Crippen molar-refractivity contribution in [2.45, 2.75) is 38.1 Å². The molecule has 0 bridgehead atoms. The molecule has 0 saturated carbocycles. The van der Waals surface area contributed by atoms with Crippen molar-refractivity contribution in [3.8, 4) is 0 Å². The molecule has 0 aliphatic carbocycles. The highest BCUT2D eigenvalue weighted by molar-refractivity contribution is 7.91. The average molecular weight is 358 g/mol. The second-order valence-corrected chi connectivity index (χ2v) is 8.63. The predicted molar refractivity (Wildman–Crippen MR) is 92.7 cm³/mol. The zero-order valence-electron chi connectivity index (χ0n) is 14.7. The molecule has 1 rings (SSSR count). The molecule has 0 fully saturated rings. The van der Waals surface area contributed by atoms with E-state index in [9.17, 15) is 17.6 Å². The number of carbonyl (C=O) groups excluding carboxylic acids is 1. The van der Waals surface area contributed by atoms with Gasteiger partial charge in [0.05, 0.1) is 10.6 Å². The summed E-state index contributed by atoms with van der Waals surface area (Å²) in [7, 11) is -1.99. The lowest BCUT2D eigenvalue weighted by Crippen LogP contribution is -2.38. The molecule has 5 nitrogen and oxygen atoms in total. The minimum Gasteiger partial charge on any atom is -0.345 e.